The van der Waals surface area contributed by atoms with Crippen molar-refractivity contribution in [3.8, 4) is 11.5 Å². The number of benzene rings is 1. The molecule has 0 atom stereocenters. The highest BCUT2D eigenvalue weighted by molar-refractivity contribution is 5.77. The Hall–Kier alpha value is -1.71. The van der Waals surface area contributed by atoms with E-state index in [1.54, 1.807) is 0 Å². The predicted octanol–water partition coefficient (Wildman–Crippen LogP) is 3.11. The fourth-order valence-corrected chi connectivity index (χ4v) is 1.84. The smallest absolute Gasteiger partial charge is 0.260 e. The third-order valence-electron chi connectivity index (χ3n) is 3.01. The van der Waals surface area contributed by atoms with Gasteiger partial charge in [-0.3, -0.25) is 4.79 Å². The Bertz CT molecular complexity index is 389. The SMILES string of the molecule is CCCCN(CC)C(=O)COc1ccc(OCC)cc1. The Morgan fingerprint density at radius 1 is 1.05 bits per heavy atom. The number of likely N-dealkylation sites (N-methyl/N-ethyl adjacent to an activating group) is 1. The lowest BCUT2D eigenvalue weighted by Crippen LogP contribution is -2.35. The van der Waals surface area contributed by atoms with Gasteiger partial charge in [0.1, 0.15) is 11.5 Å². The molecule has 0 bridgehead atoms. The first-order chi connectivity index (χ1) is 9.71. The molecule has 0 aliphatic carbocycles. The fourth-order valence-electron chi connectivity index (χ4n) is 1.84. The minimum atomic E-state index is 0.0369. The van der Waals surface area contributed by atoms with Crippen LogP contribution >= 0.6 is 0 Å². The molecular weight excluding hydrogens is 254 g/mol. The molecule has 0 spiro atoms. The van der Waals surface area contributed by atoms with E-state index < -0.39 is 0 Å². The van der Waals surface area contributed by atoms with Gasteiger partial charge in [-0.1, -0.05) is 13.3 Å². The highest BCUT2D eigenvalue weighted by atomic mass is 16.5. The first kappa shape index (κ1) is 16.3. The van der Waals surface area contributed by atoms with Crippen LogP contribution in [0.5, 0.6) is 11.5 Å². The second kappa shape index (κ2) is 9.23. The molecule has 20 heavy (non-hydrogen) atoms. The van der Waals surface area contributed by atoms with Crippen molar-refractivity contribution in [2.45, 2.75) is 33.6 Å². The van der Waals surface area contributed by atoms with Crippen LogP contribution in [0.4, 0.5) is 0 Å². The largest absolute Gasteiger partial charge is 0.494 e. The van der Waals surface area contributed by atoms with Gasteiger partial charge in [-0.15, -0.1) is 0 Å². The lowest BCUT2D eigenvalue weighted by atomic mass is 10.3. The second-order valence-corrected chi connectivity index (χ2v) is 4.52. The van der Waals surface area contributed by atoms with E-state index in [9.17, 15) is 4.79 Å². The summed E-state index contributed by atoms with van der Waals surface area (Å²) < 4.78 is 10.9. The highest BCUT2D eigenvalue weighted by Crippen LogP contribution is 2.17. The molecule has 1 aromatic carbocycles. The summed E-state index contributed by atoms with van der Waals surface area (Å²) in [4.78, 5) is 13.8. The second-order valence-electron chi connectivity index (χ2n) is 4.52. The molecule has 0 saturated carbocycles. The minimum absolute atomic E-state index is 0.0369. The number of carbonyl (C=O) groups excluding carboxylic acids is 1. The van der Waals surface area contributed by atoms with Crippen molar-refractivity contribution in [3.63, 3.8) is 0 Å². The van der Waals surface area contributed by atoms with Gasteiger partial charge in [0, 0.05) is 13.1 Å². The molecule has 0 radical (unpaired) electrons. The lowest BCUT2D eigenvalue weighted by Gasteiger charge is -2.20. The molecule has 0 fully saturated rings. The van der Waals surface area contributed by atoms with Crippen molar-refractivity contribution >= 4 is 5.91 Å². The van der Waals surface area contributed by atoms with Gasteiger partial charge in [-0.05, 0) is 44.5 Å². The van der Waals surface area contributed by atoms with Crippen molar-refractivity contribution in [2.24, 2.45) is 0 Å². The molecule has 0 saturated heterocycles. The Kier molecular flexibility index (Phi) is 7.55. The van der Waals surface area contributed by atoms with E-state index in [1.807, 2.05) is 43.0 Å². The Labute approximate surface area is 121 Å². The number of rotatable bonds is 9. The number of hydrogen-bond donors (Lipinski definition) is 0. The number of ether oxygens (including phenoxy) is 2. The number of carbonyl (C=O) groups is 1. The Morgan fingerprint density at radius 3 is 2.15 bits per heavy atom. The van der Waals surface area contributed by atoms with Gasteiger partial charge in [0.15, 0.2) is 6.61 Å². The average Bonchev–Trinajstić information content (AvgIpc) is 2.47. The zero-order valence-electron chi connectivity index (χ0n) is 12.7. The average molecular weight is 279 g/mol. The number of hydrogen-bond acceptors (Lipinski definition) is 3. The van der Waals surface area contributed by atoms with E-state index in [2.05, 4.69) is 6.92 Å². The molecule has 4 nitrogen and oxygen atoms in total. The standard InChI is InChI=1S/C16H25NO3/c1-4-7-12-17(5-2)16(18)13-20-15-10-8-14(9-11-15)19-6-3/h8-11H,4-7,12-13H2,1-3H3. The summed E-state index contributed by atoms with van der Waals surface area (Å²) >= 11 is 0. The van der Waals surface area contributed by atoms with E-state index in [1.165, 1.54) is 0 Å². The maximum Gasteiger partial charge on any atom is 0.260 e. The molecule has 0 aliphatic rings. The molecule has 0 aromatic heterocycles. The van der Waals surface area contributed by atoms with Crippen molar-refractivity contribution in [1.29, 1.82) is 0 Å². The van der Waals surface area contributed by atoms with E-state index >= 15 is 0 Å². The lowest BCUT2D eigenvalue weighted by molar-refractivity contribution is -0.133. The number of nitrogens with zero attached hydrogens (tertiary/aromatic N) is 1. The number of amides is 1. The van der Waals surface area contributed by atoms with Crippen molar-refractivity contribution in [3.05, 3.63) is 24.3 Å². The fraction of sp³-hybridized carbons (Fsp3) is 0.562. The highest BCUT2D eigenvalue weighted by Gasteiger charge is 2.11. The van der Waals surface area contributed by atoms with Gasteiger partial charge in [-0.25, -0.2) is 0 Å². The van der Waals surface area contributed by atoms with Crippen LogP contribution in [0.1, 0.15) is 33.6 Å². The van der Waals surface area contributed by atoms with Gasteiger partial charge in [0.05, 0.1) is 6.61 Å². The third kappa shape index (κ3) is 5.51. The van der Waals surface area contributed by atoms with Gasteiger partial charge >= 0.3 is 0 Å². The van der Waals surface area contributed by atoms with E-state index in [0.29, 0.717) is 12.4 Å². The zero-order valence-corrected chi connectivity index (χ0v) is 12.7. The van der Waals surface area contributed by atoms with Crippen LogP contribution in [-0.4, -0.2) is 37.1 Å². The summed E-state index contributed by atoms with van der Waals surface area (Å²) in [5, 5.41) is 0. The summed E-state index contributed by atoms with van der Waals surface area (Å²) in [5.74, 6) is 1.53. The van der Waals surface area contributed by atoms with Crippen molar-refractivity contribution < 1.29 is 14.3 Å². The summed E-state index contributed by atoms with van der Waals surface area (Å²) in [6, 6.07) is 7.33. The Morgan fingerprint density at radius 2 is 1.65 bits per heavy atom. The molecule has 0 aliphatic heterocycles. The van der Waals surface area contributed by atoms with Gasteiger partial charge in [0.2, 0.25) is 0 Å². The quantitative estimate of drug-likeness (QED) is 0.697. The van der Waals surface area contributed by atoms with E-state index in [-0.39, 0.29) is 12.5 Å². The molecule has 0 heterocycles. The van der Waals surface area contributed by atoms with Gasteiger partial charge in [-0.2, -0.15) is 0 Å². The molecule has 1 rings (SSSR count). The zero-order chi connectivity index (χ0) is 14.8. The predicted molar refractivity (Wildman–Crippen MR) is 80.3 cm³/mol. The summed E-state index contributed by atoms with van der Waals surface area (Å²) in [5.41, 5.74) is 0. The van der Waals surface area contributed by atoms with Crippen LogP contribution in [0.3, 0.4) is 0 Å². The maximum absolute atomic E-state index is 12.0. The van der Waals surface area contributed by atoms with Crippen LogP contribution in [0.2, 0.25) is 0 Å². The molecule has 0 N–H and O–H groups in total. The van der Waals surface area contributed by atoms with Crippen molar-refractivity contribution in [1.82, 2.24) is 4.90 Å². The summed E-state index contributed by atoms with van der Waals surface area (Å²) in [6.07, 6.45) is 2.12. The van der Waals surface area contributed by atoms with Crippen molar-refractivity contribution in [2.75, 3.05) is 26.3 Å². The summed E-state index contributed by atoms with van der Waals surface area (Å²) in [7, 11) is 0. The molecule has 0 unspecified atom stereocenters. The minimum Gasteiger partial charge on any atom is -0.494 e. The van der Waals surface area contributed by atoms with E-state index in [4.69, 9.17) is 9.47 Å². The van der Waals surface area contributed by atoms with Crippen LogP contribution in [0.25, 0.3) is 0 Å². The normalized spacial score (nSPS) is 10.2. The summed E-state index contributed by atoms with van der Waals surface area (Å²) in [6.45, 7) is 8.31. The number of unbranched alkanes of at least 4 members (excludes halogenated alkanes) is 1. The van der Waals surface area contributed by atoms with Gasteiger partial charge < -0.3 is 14.4 Å². The first-order valence-electron chi connectivity index (χ1n) is 7.34. The van der Waals surface area contributed by atoms with Crippen LogP contribution in [-0.2, 0) is 4.79 Å². The molecule has 112 valence electrons. The van der Waals surface area contributed by atoms with Crippen LogP contribution in [0, 0.1) is 0 Å². The third-order valence-corrected chi connectivity index (χ3v) is 3.01. The van der Waals surface area contributed by atoms with Crippen LogP contribution < -0.4 is 9.47 Å². The molecular formula is C16H25NO3. The molecule has 1 aromatic rings. The first-order valence-corrected chi connectivity index (χ1v) is 7.34. The molecule has 4 heteroatoms. The Balaban J connectivity index is 2.42. The van der Waals surface area contributed by atoms with Gasteiger partial charge in [0.25, 0.3) is 5.91 Å². The maximum atomic E-state index is 12.0. The molecule has 1 amide bonds. The monoisotopic (exact) mass is 279 g/mol. The van der Waals surface area contributed by atoms with E-state index in [0.717, 1.165) is 31.7 Å². The van der Waals surface area contributed by atoms with Crippen LogP contribution in [0.15, 0.2) is 24.3 Å². The topological polar surface area (TPSA) is 38.8 Å².